The van der Waals surface area contributed by atoms with Crippen molar-refractivity contribution in [2.75, 3.05) is 5.32 Å². The van der Waals surface area contributed by atoms with Crippen molar-refractivity contribution in [1.82, 2.24) is 5.32 Å². The molecule has 0 unspecified atom stereocenters. The van der Waals surface area contributed by atoms with Gasteiger partial charge in [-0.25, -0.2) is 0 Å². The second-order valence-electron chi connectivity index (χ2n) is 5.30. The lowest BCUT2D eigenvalue weighted by molar-refractivity contribution is 0.116. The van der Waals surface area contributed by atoms with Crippen LogP contribution in [0.4, 0.5) is 5.69 Å². The maximum atomic E-state index is 9.55. The highest BCUT2D eigenvalue weighted by Gasteiger charge is 2.19. The number of rotatable bonds is 4. The molecule has 116 valence electrons. The van der Waals surface area contributed by atoms with Crippen molar-refractivity contribution in [3.8, 4) is 0 Å². The molecule has 7 heteroatoms. The first-order valence-electron chi connectivity index (χ1n) is 6.91. The molecule has 1 aliphatic rings. The Morgan fingerprint density at radius 3 is 2.57 bits per heavy atom. The molecule has 0 atom stereocenters. The summed E-state index contributed by atoms with van der Waals surface area (Å²) in [5.41, 5.74) is 7.58. The Balaban J connectivity index is 2.06. The molecule has 1 aliphatic carbocycles. The van der Waals surface area contributed by atoms with E-state index in [9.17, 15) is 5.11 Å². The number of nitrogens with two attached hydrogens (primary N) is 1. The molecule has 5 N–H and O–H groups in total. The van der Waals surface area contributed by atoms with E-state index in [1.54, 1.807) is 0 Å². The molecular weight excluding hydrogens is 418 g/mol. The van der Waals surface area contributed by atoms with Gasteiger partial charge in [-0.2, -0.15) is 0 Å². The van der Waals surface area contributed by atoms with Gasteiger partial charge in [0.1, 0.15) is 0 Å². The third kappa shape index (κ3) is 5.17. The largest absolute Gasteiger partial charge is 0.393 e. The Hall–Kier alpha value is -0.210. The van der Waals surface area contributed by atoms with E-state index in [-0.39, 0.29) is 11.2 Å². The van der Waals surface area contributed by atoms with Crippen LogP contribution in [0.5, 0.6) is 0 Å². The number of hydrogen-bond acceptors (Lipinski definition) is 3. The maximum Gasteiger partial charge on any atom is 0.168 e. The summed E-state index contributed by atoms with van der Waals surface area (Å²) in [6, 6.07) is 4.46. The second kappa shape index (κ2) is 7.87. The van der Waals surface area contributed by atoms with Gasteiger partial charge in [-0.1, -0.05) is 15.9 Å². The van der Waals surface area contributed by atoms with E-state index < -0.39 is 0 Å². The van der Waals surface area contributed by atoms with Crippen LogP contribution >= 0.6 is 44.1 Å². The third-order valence-corrected chi connectivity index (χ3v) is 4.85. The summed E-state index contributed by atoms with van der Waals surface area (Å²) < 4.78 is 1.92. The Bertz CT molecular complexity index is 519. The molecule has 0 bridgehead atoms. The quantitative estimate of drug-likeness (QED) is 0.545. The second-order valence-corrected chi connectivity index (χ2v) is 7.51. The molecule has 0 radical (unpaired) electrons. The number of aliphatic hydroxyl groups excluding tert-OH is 1. The number of halogens is 2. The van der Waals surface area contributed by atoms with Crippen LogP contribution < -0.4 is 16.4 Å². The zero-order valence-corrected chi connectivity index (χ0v) is 15.5. The fourth-order valence-electron chi connectivity index (χ4n) is 2.56. The topological polar surface area (TPSA) is 70.3 Å². The molecule has 4 nitrogen and oxygen atoms in total. The summed E-state index contributed by atoms with van der Waals surface area (Å²) in [6.45, 7) is 0.726. The van der Waals surface area contributed by atoms with Crippen molar-refractivity contribution in [3.05, 3.63) is 26.6 Å². The Morgan fingerprint density at radius 2 is 1.95 bits per heavy atom. The molecule has 0 heterocycles. The molecule has 0 saturated heterocycles. The van der Waals surface area contributed by atoms with Gasteiger partial charge in [0.25, 0.3) is 0 Å². The van der Waals surface area contributed by atoms with Crippen molar-refractivity contribution >= 4 is 54.9 Å². The molecule has 1 aromatic rings. The standard InChI is InChI=1S/C14H19Br2N3OS/c15-9-5-8(13(12(16)6-9)19-14(17)21)7-18-10-1-3-11(20)4-2-10/h5-6,10-11,18,20H,1-4,7H2,(H3,17,19,21). The smallest absolute Gasteiger partial charge is 0.168 e. The lowest BCUT2D eigenvalue weighted by Crippen LogP contribution is -2.34. The van der Waals surface area contributed by atoms with Crippen LogP contribution in [-0.2, 0) is 6.54 Å². The van der Waals surface area contributed by atoms with Crippen LogP contribution in [-0.4, -0.2) is 22.4 Å². The van der Waals surface area contributed by atoms with E-state index >= 15 is 0 Å². The number of thiocarbonyl (C=S) groups is 1. The number of aliphatic hydroxyl groups is 1. The molecule has 1 fully saturated rings. The van der Waals surface area contributed by atoms with Gasteiger partial charge < -0.3 is 21.5 Å². The predicted molar refractivity (Wildman–Crippen MR) is 97.4 cm³/mol. The number of hydrogen-bond donors (Lipinski definition) is 4. The van der Waals surface area contributed by atoms with Crippen LogP contribution in [0.1, 0.15) is 31.2 Å². The van der Waals surface area contributed by atoms with E-state index in [2.05, 4.69) is 48.6 Å². The average molecular weight is 437 g/mol. The highest BCUT2D eigenvalue weighted by atomic mass is 79.9. The van der Waals surface area contributed by atoms with Gasteiger partial charge in [0.05, 0.1) is 11.8 Å². The SMILES string of the molecule is NC(=S)Nc1c(Br)cc(Br)cc1CNC1CCC(O)CC1. The van der Waals surface area contributed by atoms with Crippen molar-refractivity contribution in [2.24, 2.45) is 5.73 Å². The summed E-state index contributed by atoms with van der Waals surface area (Å²) >= 11 is 12.0. The van der Waals surface area contributed by atoms with E-state index in [4.69, 9.17) is 18.0 Å². The third-order valence-electron chi connectivity index (χ3n) is 3.66. The minimum Gasteiger partial charge on any atom is -0.393 e. The van der Waals surface area contributed by atoms with Gasteiger partial charge in [-0.05, 0) is 71.5 Å². The molecule has 0 aliphatic heterocycles. The zero-order chi connectivity index (χ0) is 15.4. The van der Waals surface area contributed by atoms with Gasteiger partial charge >= 0.3 is 0 Å². The molecule has 2 rings (SSSR count). The van der Waals surface area contributed by atoms with E-state index in [1.807, 2.05) is 6.07 Å². The predicted octanol–water partition coefficient (Wildman–Crippen LogP) is 3.26. The number of benzene rings is 1. The number of anilines is 1. The maximum absolute atomic E-state index is 9.55. The number of nitrogens with one attached hydrogen (secondary N) is 2. The normalized spacial score (nSPS) is 22.0. The average Bonchev–Trinajstić information content (AvgIpc) is 2.41. The van der Waals surface area contributed by atoms with Gasteiger partial charge in [-0.15, -0.1) is 0 Å². The first kappa shape index (κ1) is 17.1. The summed E-state index contributed by atoms with van der Waals surface area (Å²) in [6.07, 6.45) is 3.63. The molecule has 1 saturated carbocycles. The van der Waals surface area contributed by atoms with E-state index in [1.165, 1.54) is 0 Å². The highest BCUT2D eigenvalue weighted by molar-refractivity contribution is 9.11. The van der Waals surface area contributed by atoms with Crippen LogP contribution in [0.25, 0.3) is 0 Å². The monoisotopic (exact) mass is 435 g/mol. The van der Waals surface area contributed by atoms with E-state index in [0.29, 0.717) is 6.04 Å². The Morgan fingerprint density at radius 1 is 1.29 bits per heavy atom. The zero-order valence-electron chi connectivity index (χ0n) is 11.5. The fourth-order valence-corrected chi connectivity index (χ4v) is 4.08. The van der Waals surface area contributed by atoms with Crippen LogP contribution in [0.2, 0.25) is 0 Å². The first-order chi connectivity index (χ1) is 9.95. The molecular formula is C14H19Br2N3OS. The van der Waals surface area contributed by atoms with Crippen LogP contribution in [0.15, 0.2) is 21.1 Å². The van der Waals surface area contributed by atoms with Gasteiger partial charge in [0, 0.05) is 21.5 Å². The van der Waals surface area contributed by atoms with Crippen LogP contribution in [0.3, 0.4) is 0 Å². The summed E-state index contributed by atoms with van der Waals surface area (Å²) in [7, 11) is 0. The van der Waals surface area contributed by atoms with Crippen LogP contribution in [0, 0.1) is 0 Å². The molecule has 0 aromatic heterocycles. The molecule has 21 heavy (non-hydrogen) atoms. The Kier molecular flexibility index (Phi) is 6.43. The van der Waals surface area contributed by atoms with Crippen molar-refractivity contribution in [1.29, 1.82) is 0 Å². The lowest BCUT2D eigenvalue weighted by atomic mass is 9.93. The lowest BCUT2D eigenvalue weighted by Gasteiger charge is -2.27. The van der Waals surface area contributed by atoms with E-state index in [0.717, 1.165) is 52.4 Å². The van der Waals surface area contributed by atoms with Gasteiger partial charge in [0.2, 0.25) is 0 Å². The van der Waals surface area contributed by atoms with Crippen molar-refractivity contribution in [2.45, 2.75) is 44.4 Å². The fraction of sp³-hybridized carbons (Fsp3) is 0.500. The molecule has 1 aromatic carbocycles. The Labute approximate surface area is 147 Å². The minimum absolute atomic E-state index is 0.130. The van der Waals surface area contributed by atoms with Crippen molar-refractivity contribution < 1.29 is 5.11 Å². The van der Waals surface area contributed by atoms with Gasteiger partial charge in [0.15, 0.2) is 5.11 Å². The van der Waals surface area contributed by atoms with Crippen molar-refractivity contribution in [3.63, 3.8) is 0 Å². The van der Waals surface area contributed by atoms with Gasteiger partial charge in [-0.3, -0.25) is 0 Å². The summed E-state index contributed by atoms with van der Waals surface area (Å²) in [5, 5.41) is 16.4. The first-order valence-corrected chi connectivity index (χ1v) is 8.91. The highest BCUT2D eigenvalue weighted by Crippen LogP contribution is 2.31. The molecule has 0 amide bonds. The summed E-state index contributed by atoms with van der Waals surface area (Å²) in [4.78, 5) is 0. The minimum atomic E-state index is -0.130. The summed E-state index contributed by atoms with van der Waals surface area (Å²) in [5.74, 6) is 0. The molecule has 0 spiro atoms.